The fourth-order valence-electron chi connectivity index (χ4n) is 2.77. The van der Waals surface area contributed by atoms with Crippen molar-refractivity contribution in [3.05, 3.63) is 17.5 Å². The molecule has 0 spiro atoms. The second kappa shape index (κ2) is 5.79. The maximum absolute atomic E-state index is 13.3. The van der Waals surface area contributed by atoms with Gasteiger partial charge in [-0.05, 0) is 32.4 Å². The van der Waals surface area contributed by atoms with Gasteiger partial charge in [-0.25, -0.2) is 0 Å². The van der Waals surface area contributed by atoms with Crippen LogP contribution in [-0.4, -0.2) is 34.8 Å². The van der Waals surface area contributed by atoms with Gasteiger partial charge in [-0.15, -0.1) is 0 Å². The van der Waals surface area contributed by atoms with E-state index >= 15 is 0 Å². The molecule has 7 heteroatoms. The third kappa shape index (κ3) is 2.84. The van der Waals surface area contributed by atoms with Gasteiger partial charge in [0.15, 0.2) is 5.78 Å². The molecule has 1 atom stereocenters. The summed E-state index contributed by atoms with van der Waals surface area (Å²) in [5.74, 6) is -0.766. The molecule has 1 aliphatic rings. The Hall–Kier alpha value is -1.37. The lowest BCUT2D eigenvalue weighted by Crippen LogP contribution is -2.47. The van der Waals surface area contributed by atoms with Crippen LogP contribution in [0.5, 0.6) is 0 Å². The van der Waals surface area contributed by atoms with Gasteiger partial charge < -0.3 is 5.32 Å². The number of carbonyl (C=O) groups excluding carboxylic acids is 1. The number of halogens is 3. The topological polar surface area (TPSA) is 46.9 Å². The fourth-order valence-corrected chi connectivity index (χ4v) is 2.77. The first-order valence-corrected chi connectivity index (χ1v) is 7.20. The first kappa shape index (κ1) is 16.0. The van der Waals surface area contributed by atoms with Crippen LogP contribution in [0.2, 0.25) is 0 Å². The number of nitrogens with one attached hydrogen (secondary N) is 1. The van der Waals surface area contributed by atoms with Crippen molar-refractivity contribution >= 4 is 5.78 Å². The van der Waals surface area contributed by atoms with Crippen molar-refractivity contribution in [1.29, 1.82) is 0 Å². The van der Waals surface area contributed by atoms with Gasteiger partial charge in [-0.2, -0.15) is 18.3 Å². The van der Waals surface area contributed by atoms with E-state index in [1.165, 1.54) is 0 Å². The van der Waals surface area contributed by atoms with E-state index in [9.17, 15) is 18.0 Å². The maximum atomic E-state index is 13.3. The number of nitrogens with zero attached hydrogens (tertiary/aromatic N) is 2. The minimum atomic E-state index is -4.52. The van der Waals surface area contributed by atoms with Crippen LogP contribution >= 0.6 is 0 Å². The number of carbonyl (C=O) groups is 1. The molecule has 0 saturated carbocycles. The third-order valence-corrected chi connectivity index (χ3v) is 4.15. The first-order chi connectivity index (χ1) is 9.84. The van der Waals surface area contributed by atoms with Crippen molar-refractivity contribution in [2.45, 2.75) is 45.8 Å². The number of hydrogen-bond donors (Lipinski definition) is 1. The van der Waals surface area contributed by atoms with E-state index in [4.69, 9.17) is 0 Å². The molecular formula is C14H20F3N3O. The number of alkyl halides is 3. The van der Waals surface area contributed by atoms with Crippen molar-refractivity contribution in [1.82, 2.24) is 15.1 Å². The highest BCUT2D eigenvalue weighted by atomic mass is 19.4. The lowest BCUT2D eigenvalue weighted by Gasteiger charge is -2.29. The Bertz CT molecular complexity index is 516. The molecule has 0 amide bonds. The van der Waals surface area contributed by atoms with Gasteiger partial charge in [0.1, 0.15) is 5.41 Å². The lowest BCUT2D eigenvalue weighted by atomic mass is 9.80. The fraction of sp³-hybridized carbons (Fsp3) is 0.714. The molecule has 2 heterocycles. The summed E-state index contributed by atoms with van der Waals surface area (Å²) in [6.45, 7) is 4.22. The summed E-state index contributed by atoms with van der Waals surface area (Å²) in [6.07, 6.45) is -4.23. The second-order valence-corrected chi connectivity index (χ2v) is 5.40. The van der Waals surface area contributed by atoms with Crippen LogP contribution in [0.25, 0.3) is 0 Å². The molecule has 4 nitrogen and oxygen atoms in total. The highest BCUT2D eigenvalue weighted by Gasteiger charge is 2.60. The number of aryl methyl sites for hydroxylation is 2. The van der Waals surface area contributed by atoms with E-state index in [2.05, 4.69) is 10.4 Å². The van der Waals surface area contributed by atoms with Crippen molar-refractivity contribution in [3.63, 3.8) is 0 Å². The molecule has 21 heavy (non-hydrogen) atoms. The van der Waals surface area contributed by atoms with Crippen LogP contribution in [-0.2, 0) is 24.2 Å². The molecule has 0 bridgehead atoms. The van der Waals surface area contributed by atoms with E-state index in [1.807, 2.05) is 13.8 Å². The van der Waals surface area contributed by atoms with Gasteiger partial charge in [-0.3, -0.25) is 9.48 Å². The van der Waals surface area contributed by atoms with Crippen molar-refractivity contribution in [3.8, 4) is 0 Å². The normalized spacial score (nSPS) is 22.7. The molecule has 0 aliphatic carbocycles. The highest BCUT2D eigenvalue weighted by molar-refractivity contribution is 5.88. The number of hydrogen-bond acceptors (Lipinski definition) is 3. The Kier molecular flexibility index (Phi) is 4.41. The Balaban J connectivity index is 2.26. The molecule has 1 aromatic heterocycles. The van der Waals surface area contributed by atoms with Crippen molar-refractivity contribution in [2.75, 3.05) is 13.1 Å². The van der Waals surface area contributed by atoms with Gasteiger partial charge in [0.2, 0.25) is 0 Å². The molecule has 0 aromatic carbocycles. The minimum absolute atomic E-state index is 0.184. The predicted octanol–water partition coefficient (Wildman–Crippen LogP) is 2.12. The zero-order chi connectivity index (χ0) is 15.7. The second-order valence-electron chi connectivity index (χ2n) is 5.40. The summed E-state index contributed by atoms with van der Waals surface area (Å²) < 4.78 is 41.6. The largest absolute Gasteiger partial charge is 0.402 e. The van der Waals surface area contributed by atoms with Gasteiger partial charge >= 0.3 is 6.18 Å². The highest BCUT2D eigenvalue weighted by Crippen LogP contribution is 2.44. The van der Waals surface area contributed by atoms with Gasteiger partial charge in [0.25, 0.3) is 0 Å². The van der Waals surface area contributed by atoms with Gasteiger partial charge in [0, 0.05) is 25.2 Å². The summed E-state index contributed by atoms with van der Waals surface area (Å²) in [4.78, 5) is 12.3. The molecule has 0 radical (unpaired) electrons. The predicted molar refractivity (Wildman–Crippen MR) is 72.0 cm³/mol. The summed E-state index contributed by atoms with van der Waals surface area (Å²) in [7, 11) is 0. The Morgan fingerprint density at radius 1 is 1.48 bits per heavy atom. The van der Waals surface area contributed by atoms with Crippen LogP contribution in [0.1, 0.15) is 31.7 Å². The van der Waals surface area contributed by atoms with Crippen molar-refractivity contribution in [2.24, 2.45) is 5.41 Å². The van der Waals surface area contributed by atoms with Crippen LogP contribution in [0.4, 0.5) is 13.2 Å². The molecule has 1 fully saturated rings. The van der Waals surface area contributed by atoms with Gasteiger partial charge in [0.05, 0.1) is 5.69 Å². The summed E-state index contributed by atoms with van der Waals surface area (Å²) in [5, 5.41) is 6.95. The first-order valence-electron chi connectivity index (χ1n) is 7.20. The molecule has 1 aromatic rings. The van der Waals surface area contributed by atoms with Gasteiger partial charge in [-0.1, -0.05) is 6.92 Å². The molecule has 1 N–H and O–H groups in total. The van der Waals surface area contributed by atoms with Crippen LogP contribution in [0.15, 0.2) is 6.07 Å². The zero-order valence-electron chi connectivity index (χ0n) is 12.3. The standard InChI is InChI=1S/C14H20F3N3O/c1-3-10-7-11(20(4-2)19-10)8-12(21)13(14(15,16)17)5-6-18-9-13/h7,18H,3-6,8-9H2,1-2H3. The minimum Gasteiger partial charge on any atom is -0.315 e. The van der Waals surface area contributed by atoms with Crippen LogP contribution in [0.3, 0.4) is 0 Å². The SMILES string of the molecule is CCc1cc(CC(=O)C2(C(F)(F)F)CCNC2)n(CC)n1. The van der Waals surface area contributed by atoms with E-state index < -0.39 is 17.4 Å². The van der Waals surface area contributed by atoms with E-state index in [-0.39, 0.29) is 25.9 Å². The average molecular weight is 303 g/mol. The average Bonchev–Trinajstić information content (AvgIpc) is 3.04. The summed E-state index contributed by atoms with van der Waals surface area (Å²) in [6, 6.07) is 1.73. The number of Topliss-reactive ketones (excluding diaryl/α,β-unsaturated/α-hetero) is 1. The van der Waals surface area contributed by atoms with E-state index in [0.717, 1.165) is 5.69 Å². The Labute approximate surface area is 121 Å². The quantitative estimate of drug-likeness (QED) is 0.906. The number of rotatable bonds is 5. The van der Waals surface area contributed by atoms with Crippen LogP contribution < -0.4 is 5.32 Å². The molecule has 1 saturated heterocycles. The molecule has 118 valence electrons. The zero-order valence-corrected chi connectivity index (χ0v) is 12.3. The number of aromatic nitrogens is 2. The molecular weight excluding hydrogens is 283 g/mol. The molecule has 2 rings (SSSR count). The molecule has 1 unspecified atom stereocenters. The number of ketones is 1. The monoisotopic (exact) mass is 303 g/mol. The van der Waals surface area contributed by atoms with Crippen LogP contribution in [0, 0.1) is 5.41 Å². The Morgan fingerprint density at radius 2 is 2.19 bits per heavy atom. The maximum Gasteiger partial charge on any atom is 0.402 e. The Morgan fingerprint density at radius 3 is 2.67 bits per heavy atom. The van der Waals surface area contributed by atoms with E-state index in [0.29, 0.717) is 18.7 Å². The lowest BCUT2D eigenvalue weighted by molar-refractivity contribution is -0.214. The smallest absolute Gasteiger partial charge is 0.315 e. The van der Waals surface area contributed by atoms with Crippen molar-refractivity contribution < 1.29 is 18.0 Å². The van der Waals surface area contributed by atoms with E-state index in [1.54, 1.807) is 10.7 Å². The third-order valence-electron chi connectivity index (χ3n) is 4.15. The summed E-state index contributed by atoms with van der Waals surface area (Å²) in [5.41, 5.74) is -0.887. The molecule has 1 aliphatic heterocycles. The summed E-state index contributed by atoms with van der Waals surface area (Å²) >= 11 is 0.